The summed E-state index contributed by atoms with van der Waals surface area (Å²) in [6.07, 6.45) is 4.80. The number of carbonyl (C=O) groups is 2. The van der Waals surface area contributed by atoms with Gasteiger partial charge in [-0.05, 0) is 75.5 Å². The van der Waals surface area contributed by atoms with Crippen molar-refractivity contribution in [2.75, 3.05) is 6.54 Å². The highest BCUT2D eigenvalue weighted by Gasteiger charge is 2.51. The van der Waals surface area contributed by atoms with Gasteiger partial charge in [-0.2, -0.15) is 13.2 Å². The summed E-state index contributed by atoms with van der Waals surface area (Å²) in [5.74, 6) is -0.415. The Morgan fingerprint density at radius 3 is 2.15 bits per heavy atom. The molecule has 33 heavy (non-hydrogen) atoms. The van der Waals surface area contributed by atoms with Crippen LogP contribution in [-0.4, -0.2) is 45.8 Å². The van der Waals surface area contributed by atoms with Crippen molar-refractivity contribution in [3.8, 4) is 0 Å². The third kappa shape index (κ3) is 5.32. The van der Waals surface area contributed by atoms with Crippen molar-refractivity contribution in [1.82, 2.24) is 4.90 Å². The van der Waals surface area contributed by atoms with E-state index >= 15 is 0 Å². The lowest BCUT2D eigenvalue weighted by Crippen LogP contribution is -2.43. The molecule has 0 heterocycles. The van der Waals surface area contributed by atoms with Gasteiger partial charge in [0, 0.05) is 18.2 Å². The maximum Gasteiger partial charge on any atom is 0.421 e. The van der Waals surface area contributed by atoms with Gasteiger partial charge in [-0.1, -0.05) is 30.4 Å². The van der Waals surface area contributed by atoms with E-state index in [9.17, 15) is 27.9 Å². The molecule has 2 N–H and O–H groups in total. The van der Waals surface area contributed by atoms with Gasteiger partial charge >= 0.3 is 12.1 Å². The van der Waals surface area contributed by atoms with E-state index in [0.717, 1.165) is 37.8 Å². The van der Waals surface area contributed by atoms with Crippen molar-refractivity contribution in [2.24, 2.45) is 11.8 Å². The van der Waals surface area contributed by atoms with Crippen LogP contribution in [0.3, 0.4) is 0 Å². The predicted octanol–water partition coefficient (Wildman–Crippen LogP) is 5.06. The monoisotopic (exact) mass is 465 g/mol. The van der Waals surface area contributed by atoms with E-state index in [-0.39, 0.29) is 17.5 Å². The summed E-state index contributed by atoms with van der Waals surface area (Å²) in [6.45, 7) is 3.07. The van der Waals surface area contributed by atoms with Gasteiger partial charge in [0.15, 0.2) is 5.60 Å². The standard InChI is InChI=1S/C25H30F3NO4/c1-3-29(22(30)18-8-12-20(13-9-18)24(2,33)25(26,27)28)21-14-10-17(11-15-21)16-4-6-19(7-5-16)23(31)32/h4,6-9,12-13,16-17,21,33H,3,5,10-11,14-15H2,1-2H3,(H,31,32)/t16?,17?,21?,24-/m0/s1. The topological polar surface area (TPSA) is 77.8 Å². The predicted molar refractivity (Wildman–Crippen MR) is 117 cm³/mol. The van der Waals surface area contributed by atoms with E-state index in [1.807, 2.05) is 13.0 Å². The Balaban J connectivity index is 1.62. The van der Waals surface area contributed by atoms with Crippen molar-refractivity contribution in [1.29, 1.82) is 0 Å². The van der Waals surface area contributed by atoms with Gasteiger partial charge in [-0.3, -0.25) is 4.79 Å². The average Bonchev–Trinajstić information content (AvgIpc) is 2.79. The first kappa shape index (κ1) is 25.0. The van der Waals surface area contributed by atoms with Crippen LogP contribution in [0.4, 0.5) is 13.2 Å². The van der Waals surface area contributed by atoms with Gasteiger partial charge < -0.3 is 15.1 Å². The molecule has 2 aliphatic carbocycles. The smallest absolute Gasteiger partial charge is 0.421 e. The number of rotatable bonds is 6. The highest BCUT2D eigenvalue weighted by atomic mass is 19.4. The maximum absolute atomic E-state index is 13.1. The Bertz CT molecular complexity index is 926. The Morgan fingerprint density at radius 1 is 1.09 bits per heavy atom. The van der Waals surface area contributed by atoms with Crippen LogP contribution in [0.1, 0.15) is 61.9 Å². The molecule has 1 fully saturated rings. The summed E-state index contributed by atoms with van der Waals surface area (Å²) >= 11 is 0. The molecule has 1 unspecified atom stereocenters. The van der Waals surface area contributed by atoms with E-state index < -0.39 is 17.7 Å². The second kappa shape index (κ2) is 9.71. The molecular weight excluding hydrogens is 435 g/mol. The Hall–Kier alpha value is -2.61. The number of nitrogens with zero attached hydrogens (tertiary/aromatic N) is 1. The number of alkyl halides is 3. The van der Waals surface area contributed by atoms with Crippen molar-refractivity contribution in [3.05, 3.63) is 59.2 Å². The van der Waals surface area contributed by atoms with Gasteiger partial charge in [0.2, 0.25) is 0 Å². The molecule has 2 atom stereocenters. The first-order chi connectivity index (χ1) is 15.5. The molecule has 3 rings (SSSR count). The minimum atomic E-state index is -4.81. The molecule has 0 saturated heterocycles. The highest BCUT2D eigenvalue weighted by molar-refractivity contribution is 5.94. The second-order valence-electron chi connectivity index (χ2n) is 9.03. The van der Waals surface area contributed by atoms with Crippen LogP contribution in [0.15, 0.2) is 48.1 Å². The number of carboxylic acid groups (broad SMARTS) is 1. The summed E-state index contributed by atoms with van der Waals surface area (Å²) in [4.78, 5) is 25.9. The lowest BCUT2D eigenvalue weighted by Gasteiger charge is -2.38. The number of carbonyl (C=O) groups excluding carboxylic acids is 1. The van der Waals surface area contributed by atoms with Crippen molar-refractivity contribution in [2.45, 2.75) is 63.8 Å². The van der Waals surface area contributed by atoms with E-state index in [1.54, 1.807) is 17.1 Å². The van der Waals surface area contributed by atoms with E-state index in [4.69, 9.17) is 5.11 Å². The van der Waals surface area contributed by atoms with Gasteiger partial charge in [0.05, 0.1) is 5.57 Å². The first-order valence-corrected chi connectivity index (χ1v) is 11.3. The van der Waals surface area contributed by atoms with E-state index in [2.05, 4.69) is 0 Å². The number of carboxylic acids is 1. The maximum atomic E-state index is 13.1. The molecule has 1 saturated carbocycles. The van der Waals surface area contributed by atoms with Crippen LogP contribution in [-0.2, 0) is 10.4 Å². The van der Waals surface area contributed by atoms with Crippen LogP contribution >= 0.6 is 0 Å². The highest BCUT2D eigenvalue weighted by Crippen LogP contribution is 2.39. The summed E-state index contributed by atoms with van der Waals surface area (Å²) < 4.78 is 39.2. The molecule has 8 heteroatoms. The van der Waals surface area contributed by atoms with Crippen LogP contribution in [0.5, 0.6) is 0 Å². The summed E-state index contributed by atoms with van der Waals surface area (Å²) in [7, 11) is 0. The zero-order chi connectivity index (χ0) is 24.4. The molecule has 0 spiro atoms. The summed E-state index contributed by atoms with van der Waals surface area (Å²) in [5, 5.41) is 18.9. The number of amides is 1. The Labute approximate surface area is 191 Å². The molecular formula is C25H30F3NO4. The van der Waals surface area contributed by atoms with Crippen LogP contribution in [0.25, 0.3) is 0 Å². The molecule has 1 aromatic carbocycles. The molecule has 0 bridgehead atoms. The van der Waals surface area contributed by atoms with Crippen LogP contribution in [0.2, 0.25) is 0 Å². The van der Waals surface area contributed by atoms with Crippen molar-refractivity contribution >= 4 is 11.9 Å². The molecule has 0 aromatic heterocycles. The third-order valence-corrected chi connectivity index (χ3v) is 7.01. The van der Waals surface area contributed by atoms with Crippen LogP contribution < -0.4 is 0 Å². The van der Waals surface area contributed by atoms with Gasteiger partial charge in [-0.25, -0.2) is 4.79 Å². The van der Waals surface area contributed by atoms with E-state index in [1.165, 1.54) is 12.1 Å². The second-order valence-corrected chi connectivity index (χ2v) is 9.03. The minimum absolute atomic E-state index is 0.0504. The molecule has 0 aliphatic heterocycles. The first-order valence-electron chi connectivity index (χ1n) is 11.3. The number of allylic oxidation sites excluding steroid dienone is 2. The molecule has 1 aromatic rings. The number of aliphatic carboxylic acids is 1. The molecule has 2 aliphatic rings. The van der Waals surface area contributed by atoms with E-state index in [0.29, 0.717) is 42.9 Å². The Kier molecular flexibility index (Phi) is 7.36. The third-order valence-electron chi connectivity index (χ3n) is 7.01. The van der Waals surface area contributed by atoms with Crippen molar-refractivity contribution in [3.63, 3.8) is 0 Å². The molecule has 180 valence electrons. The average molecular weight is 466 g/mol. The number of benzene rings is 1. The summed E-state index contributed by atoms with van der Waals surface area (Å²) in [5.41, 5.74) is -2.67. The number of hydrogen-bond acceptors (Lipinski definition) is 3. The largest absolute Gasteiger partial charge is 0.478 e. The number of halogens is 3. The number of aliphatic hydroxyl groups is 1. The molecule has 0 radical (unpaired) electrons. The summed E-state index contributed by atoms with van der Waals surface area (Å²) in [6, 6.07) is 5.03. The fourth-order valence-corrected chi connectivity index (χ4v) is 4.82. The zero-order valence-electron chi connectivity index (χ0n) is 18.8. The number of hydrogen-bond donors (Lipinski definition) is 2. The normalized spacial score (nSPS) is 25.2. The fourth-order valence-electron chi connectivity index (χ4n) is 4.82. The lowest BCUT2D eigenvalue weighted by molar-refractivity contribution is -0.258. The van der Waals surface area contributed by atoms with Gasteiger partial charge in [0.25, 0.3) is 5.91 Å². The SMILES string of the molecule is CCN(C(=O)c1ccc([C@](C)(O)C(F)(F)F)cc1)C1CCC(C2C=CC(C(=O)O)=CC2)CC1. The minimum Gasteiger partial charge on any atom is -0.478 e. The van der Waals surface area contributed by atoms with Crippen molar-refractivity contribution < 1.29 is 33.0 Å². The Morgan fingerprint density at radius 2 is 1.70 bits per heavy atom. The lowest BCUT2D eigenvalue weighted by atomic mass is 9.75. The van der Waals surface area contributed by atoms with Gasteiger partial charge in [0.1, 0.15) is 0 Å². The van der Waals surface area contributed by atoms with Gasteiger partial charge in [-0.15, -0.1) is 0 Å². The quantitative estimate of drug-likeness (QED) is 0.615. The fraction of sp³-hybridized carbons (Fsp3) is 0.520. The molecule has 5 nitrogen and oxygen atoms in total. The zero-order valence-corrected chi connectivity index (χ0v) is 18.8. The molecule has 1 amide bonds. The van der Waals surface area contributed by atoms with Crippen LogP contribution in [0, 0.1) is 11.8 Å².